The van der Waals surface area contributed by atoms with Crippen molar-refractivity contribution in [2.75, 3.05) is 7.05 Å². The maximum atomic E-state index is 11.7. The number of carbonyl (C=O) groups is 2. The van der Waals surface area contributed by atoms with Gasteiger partial charge in [0.2, 0.25) is 0 Å². The third kappa shape index (κ3) is 4.31. The zero-order chi connectivity index (χ0) is 15.9. The van der Waals surface area contributed by atoms with E-state index in [1.807, 2.05) is 19.1 Å². The monoisotopic (exact) mass is 295 g/mol. The van der Waals surface area contributed by atoms with Crippen LogP contribution in [0.15, 0.2) is 54.6 Å². The minimum absolute atomic E-state index is 0.144. The van der Waals surface area contributed by atoms with Crippen molar-refractivity contribution in [3.63, 3.8) is 0 Å². The molecule has 0 saturated heterocycles. The van der Waals surface area contributed by atoms with Crippen molar-refractivity contribution < 1.29 is 14.3 Å². The number of benzene rings is 2. The number of hydrogen-bond acceptors (Lipinski definition) is 3. The van der Waals surface area contributed by atoms with Gasteiger partial charge in [0.25, 0.3) is 5.91 Å². The minimum Gasteiger partial charge on any atom is -0.423 e. The second-order valence-corrected chi connectivity index (χ2v) is 4.77. The van der Waals surface area contributed by atoms with Crippen LogP contribution in [0.3, 0.4) is 0 Å². The van der Waals surface area contributed by atoms with Gasteiger partial charge in [-0.15, -0.1) is 0 Å². The first kappa shape index (κ1) is 15.5. The fraction of sp³-hybridized carbons (Fsp3) is 0.111. The quantitative estimate of drug-likeness (QED) is 0.536. The summed E-state index contributed by atoms with van der Waals surface area (Å²) in [7, 11) is 1.58. The maximum Gasteiger partial charge on any atom is 0.336 e. The van der Waals surface area contributed by atoms with E-state index in [1.165, 1.54) is 6.08 Å². The highest BCUT2D eigenvalue weighted by atomic mass is 16.5. The highest BCUT2D eigenvalue weighted by Crippen LogP contribution is 2.13. The summed E-state index contributed by atoms with van der Waals surface area (Å²) < 4.78 is 5.21. The molecule has 0 heterocycles. The molecule has 1 amide bonds. The highest BCUT2D eigenvalue weighted by Gasteiger charge is 2.02. The summed E-state index contributed by atoms with van der Waals surface area (Å²) in [5.41, 5.74) is 2.41. The Labute approximate surface area is 129 Å². The molecule has 0 atom stereocenters. The van der Waals surface area contributed by atoms with Crippen molar-refractivity contribution in [2.45, 2.75) is 6.92 Å². The molecule has 112 valence electrons. The smallest absolute Gasteiger partial charge is 0.336 e. The van der Waals surface area contributed by atoms with Crippen LogP contribution in [0.25, 0.3) is 6.08 Å². The minimum atomic E-state index is -0.444. The van der Waals surface area contributed by atoms with Gasteiger partial charge in [0.1, 0.15) is 5.75 Å². The molecule has 0 aromatic heterocycles. The van der Waals surface area contributed by atoms with Crippen LogP contribution in [-0.2, 0) is 4.79 Å². The second-order valence-electron chi connectivity index (χ2n) is 4.77. The lowest BCUT2D eigenvalue weighted by atomic mass is 10.1. The third-order valence-electron chi connectivity index (χ3n) is 3.02. The molecule has 22 heavy (non-hydrogen) atoms. The van der Waals surface area contributed by atoms with Gasteiger partial charge >= 0.3 is 5.97 Å². The van der Waals surface area contributed by atoms with Gasteiger partial charge in [-0.3, -0.25) is 4.79 Å². The average molecular weight is 295 g/mol. The molecule has 1 N–H and O–H groups in total. The SMILES string of the molecule is CNC(=O)c1ccc(/C=C/C(=O)Oc2cccc(C)c2)cc1. The van der Waals surface area contributed by atoms with Crippen LogP contribution in [0, 0.1) is 6.92 Å². The molecule has 0 aliphatic rings. The first-order valence-electron chi connectivity index (χ1n) is 6.87. The molecule has 0 spiro atoms. The predicted molar refractivity (Wildman–Crippen MR) is 85.7 cm³/mol. The number of amides is 1. The van der Waals surface area contributed by atoms with E-state index in [2.05, 4.69) is 5.32 Å². The van der Waals surface area contributed by atoms with E-state index in [-0.39, 0.29) is 5.91 Å². The molecule has 4 nitrogen and oxygen atoms in total. The van der Waals surface area contributed by atoms with Gasteiger partial charge in [0.05, 0.1) is 0 Å². The average Bonchev–Trinajstić information content (AvgIpc) is 2.52. The summed E-state index contributed by atoms with van der Waals surface area (Å²) in [6.07, 6.45) is 3.00. The number of ether oxygens (including phenoxy) is 1. The molecule has 0 bridgehead atoms. The van der Waals surface area contributed by atoms with Crippen molar-refractivity contribution in [1.82, 2.24) is 5.32 Å². The molecule has 0 fully saturated rings. The predicted octanol–water partition coefficient (Wildman–Crippen LogP) is 2.97. The lowest BCUT2D eigenvalue weighted by molar-refractivity contribution is -0.128. The van der Waals surface area contributed by atoms with Gasteiger partial charge in [0.15, 0.2) is 0 Å². The van der Waals surface area contributed by atoms with Crippen LogP contribution in [0.4, 0.5) is 0 Å². The van der Waals surface area contributed by atoms with Crippen molar-refractivity contribution in [3.05, 3.63) is 71.3 Å². The van der Waals surface area contributed by atoms with Crippen molar-refractivity contribution >= 4 is 18.0 Å². The Hall–Kier alpha value is -2.88. The van der Waals surface area contributed by atoms with E-state index in [4.69, 9.17) is 4.74 Å². The molecule has 2 aromatic carbocycles. The van der Waals surface area contributed by atoms with Crippen molar-refractivity contribution in [1.29, 1.82) is 0 Å². The van der Waals surface area contributed by atoms with Gasteiger partial charge in [-0.1, -0.05) is 24.3 Å². The van der Waals surface area contributed by atoms with Gasteiger partial charge in [-0.2, -0.15) is 0 Å². The Kier molecular flexibility index (Phi) is 5.09. The fourth-order valence-electron chi connectivity index (χ4n) is 1.88. The van der Waals surface area contributed by atoms with E-state index < -0.39 is 5.97 Å². The first-order valence-corrected chi connectivity index (χ1v) is 6.87. The van der Waals surface area contributed by atoms with E-state index in [1.54, 1.807) is 49.5 Å². The molecule has 4 heteroatoms. The molecule has 0 aliphatic heterocycles. The molecular weight excluding hydrogens is 278 g/mol. The summed E-state index contributed by atoms with van der Waals surface area (Å²) in [6, 6.07) is 14.2. The second kappa shape index (κ2) is 7.22. The maximum absolute atomic E-state index is 11.7. The molecule has 0 unspecified atom stereocenters. The summed E-state index contributed by atoms with van der Waals surface area (Å²) in [5, 5.41) is 2.55. The summed E-state index contributed by atoms with van der Waals surface area (Å²) in [4.78, 5) is 23.2. The Bertz CT molecular complexity index is 703. The third-order valence-corrected chi connectivity index (χ3v) is 3.02. The van der Waals surface area contributed by atoms with Crippen molar-refractivity contribution in [2.24, 2.45) is 0 Å². The van der Waals surface area contributed by atoms with Crippen LogP contribution in [0.1, 0.15) is 21.5 Å². The zero-order valence-electron chi connectivity index (χ0n) is 12.5. The van der Waals surface area contributed by atoms with E-state index in [0.717, 1.165) is 11.1 Å². The lowest BCUT2D eigenvalue weighted by Crippen LogP contribution is -2.17. The molecular formula is C18H17NO3. The van der Waals surface area contributed by atoms with Crippen LogP contribution >= 0.6 is 0 Å². The Balaban J connectivity index is 1.99. The molecule has 2 rings (SSSR count). The lowest BCUT2D eigenvalue weighted by Gasteiger charge is -2.02. The normalized spacial score (nSPS) is 10.5. The fourth-order valence-corrected chi connectivity index (χ4v) is 1.88. The largest absolute Gasteiger partial charge is 0.423 e. The van der Waals surface area contributed by atoms with Gasteiger partial charge in [-0.25, -0.2) is 4.79 Å². The van der Waals surface area contributed by atoms with Crippen molar-refractivity contribution in [3.8, 4) is 5.75 Å². The number of nitrogens with one attached hydrogen (secondary N) is 1. The van der Waals surface area contributed by atoms with E-state index in [0.29, 0.717) is 11.3 Å². The zero-order valence-corrected chi connectivity index (χ0v) is 12.5. The molecule has 0 saturated carbocycles. The number of aryl methyl sites for hydroxylation is 1. The van der Waals surface area contributed by atoms with Crippen LogP contribution in [0.2, 0.25) is 0 Å². The van der Waals surface area contributed by atoms with Crippen LogP contribution in [0.5, 0.6) is 5.75 Å². The molecule has 0 radical (unpaired) electrons. The van der Waals surface area contributed by atoms with E-state index >= 15 is 0 Å². The first-order chi connectivity index (χ1) is 10.6. The Morgan fingerprint density at radius 1 is 1.09 bits per heavy atom. The van der Waals surface area contributed by atoms with Crippen LogP contribution in [-0.4, -0.2) is 18.9 Å². The Morgan fingerprint density at radius 2 is 1.82 bits per heavy atom. The summed E-state index contributed by atoms with van der Waals surface area (Å²) >= 11 is 0. The topological polar surface area (TPSA) is 55.4 Å². The Morgan fingerprint density at radius 3 is 2.45 bits per heavy atom. The van der Waals surface area contributed by atoms with Crippen LogP contribution < -0.4 is 10.1 Å². The summed E-state index contributed by atoms with van der Waals surface area (Å²) in [6.45, 7) is 1.93. The van der Waals surface area contributed by atoms with Gasteiger partial charge in [-0.05, 0) is 48.4 Å². The number of hydrogen-bond donors (Lipinski definition) is 1. The number of rotatable bonds is 4. The van der Waals surface area contributed by atoms with E-state index in [9.17, 15) is 9.59 Å². The molecule has 0 aliphatic carbocycles. The number of esters is 1. The standard InChI is InChI=1S/C18H17NO3/c1-13-4-3-5-16(12-13)22-17(20)11-8-14-6-9-15(10-7-14)18(21)19-2/h3-12H,1-2H3,(H,19,21)/b11-8+. The highest BCUT2D eigenvalue weighted by molar-refractivity contribution is 5.94. The molecule has 2 aromatic rings. The number of carbonyl (C=O) groups excluding carboxylic acids is 2. The van der Waals surface area contributed by atoms with Gasteiger partial charge < -0.3 is 10.1 Å². The summed E-state index contributed by atoms with van der Waals surface area (Å²) in [5.74, 6) is -0.0695. The van der Waals surface area contributed by atoms with Gasteiger partial charge in [0, 0.05) is 18.7 Å².